The summed E-state index contributed by atoms with van der Waals surface area (Å²) in [5, 5.41) is 3.03. The second-order valence-electron chi connectivity index (χ2n) is 5.16. The van der Waals surface area contributed by atoms with Gasteiger partial charge in [0.2, 0.25) is 5.91 Å². The van der Waals surface area contributed by atoms with Crippen LogP contribution in [0.2, 0.25) is 0 Å². The zero-order valence-corrected chi connectivity index (χ0v) is 12.5. The van der Waals surface area contributed by atoms with Crippen LogP contribution in [0.1, 0.15) is 53.9 Å². The topological polar surface area (TPSA) is 55.1 Å². The second kappa shape index (κ2) is 6.94. The zero-order chi connectivity index (χ0) is 13.6. The van der Waals surface area contributed by atoms with Gasteiger partial charge in [0.1, 0.15) is 0 Å². The molecule has 100 valence electrons. The molecule has 17 heavy (non-hydrogen) atoms. The third-order valence-corrected chi connectivity index (χ3v) is 3.71. The Balaban J connectivity index is 4.70. The van der Waals surface area contributed by atoms with Crippen molar-refractivity contribution in [3.8, 4) is 0 Å². The molecule has 0 aliphatic carbocycles. The number of nitrogens with one attached hydrogen (secondary N) is 1. The maximum absolute atomic E-state index is 12.3. The predicted molar refractivity (Wildman–Crippen MR) is 76.9 cm³/mol. The highest BCUT2D eigenvalue weighted by Gasteiger charge is 2.38. The molecule has 0 aromatic rings. The average Bonchev–Trinajstić information content (AvgIpc) is 2.17. The van der Waals surface area contributed by atoms with Crippen LogP contribution in [-0.2, 0) is 4.79 Å². The summed E-state index contributed by atoms with van der Waals surface area (Å²) in [6, 6.07) is 0.161. The standard InChI is InChI=1S/C13H26N2OS/c1-6-13(7-2,11(14)17)12(16)15-10(5)8-9(3)4/h9-10H,6-8H2,1-5H3,(H2,14,17)(H,15,16). The molecular weight excluding hydrogens is 232 g/mol. The largest absolute Gasteiger partial charge is 0.392 e. The van der Waals surface area contributed by atoms with Crippen LogP contribution in [0.15, 0.2) is 0 Å². The van der Waals surface area contributed by atoms with Crippen LogP contribution < -0.4 is 11.1 Å². The van der Waals surface area contributed by atoms with Gasteiger partial charge in [0.05, 0.1) is 10.4 Å². The van der Waals surface area contributed by atoms with Gasteiger partial charge in [-0.15, -0.1) is 0 Å². The highest BCUT2D eigenvalue weighted by Crippen LogP contribution is 2.27. The highest BCUT2D eigenvalue weighted by atomic mass is 32.1. The SMILES string of the molecule is CCC(CC)(C(=O)NC(C)CC(C)C)C(N)=S. The van der Waals surface area contributed by atoms with Gasteiger partial charge in [0, 0.05) is 6.04 Å². The number of thiocarbonyl (C=S) groups is 1. The molecule has 3 N–H and O–H groups in total. The smallest absolute Gasteiger partial charge is 0.233 e. The number of nitrogens with two attached hydrogens (primary N) is 1. The molecular formula is C13H26N2OS. The Labute approximate surface area is 111 Å². The molecule has 1 amide bonds. The predicted octanol–water partition coefficient (Wildman–Crippen LogP) is 2.63. The number of rotatable bonds is 7. The minimum absolute atomic E-state index is 0.0249. The Bertz CT molecular complexity index is 273. The van der Waals surface area contributed by atoms with E-state index >= 15 is 0 Å². The highest BCUT2D eigenvalue weighted by molar-refractivity contribution is 7.80. The molecule has 0 aromatic heterocycles. The second-order valence-corrected chi connectivity index (χ2v) is 5.60. The fourth-order valence-corrected chi connectivity index (χ4v) is 2.54. The van der Waals surface area contributed by atoms with Crippen molar-refractivity contribution in [3.63, 3.8) is 0 Å². The minimum atomic E-state index is -0.680. The lowest BCUT2D eigenvalue weighted by Gasteiger charge is -2.30. The van der Waals surface area contributed by atoms with E-state index < -0.39 is 5.41 Å². The molecule has 0 aliphatic heterocycles. The third kappa shape index (κ3) is 4.26. The van der Waals surface area contributed by atoms with E-state index in [1.165, 1.54) is 0 Å². The fourth-order valence-electron chi connectivity index (χ4n) is 2.16. The lowest BCUT2D eigenvalue weighted by atomic mass is 9.81. The lowest BCUT2D eigenvalue weighted by Crippen LogP contribution is -2.50. The minimum Gasteiger partial charge on any atom is -0.392 e. The zero-order valence-electron chi connectivity index (χ0n) is 11.7. The van der Waals surface area contributed by atoms with Gasteiger partial charge in [-0.25, -0.2) is 0 Å². The molecule has 0 aliphatic rings. The first-order chi connectivity index (χ1) is 7.80. The number of hydrogen-bond donors (Lipinski definition) is 2. The van der Waals surface area contributed by atoms with Gasteiger partial charge in [0.15, 0.2) is 0 Å². The van der Waals surface area contributed by atoms with Gasteiger partial charge >= 0.3 is 0 Å². The van der Waals surface area contributed by atoms with Crippen LogP contribution in [0, 0.1) is 11.3 Å². The van der Waals surface area contributed by atoms with Crippen LogP contribution >= 0.6 is 12.2 Å². The molecule has 0 radical (unpaired) electrons. The third-order valence-electron chi connectivity index (χ3n) is 3.32. The van der Waals surface area contributed by atoms with E-state index in [2.05, 4.69) is 19.2 Å². The molecule has 0 spiro atoms. The van der Waals surface area contributed by atoms with Crippen molar-refractivity contribution in [1.82, 2.24) is 5.32 Å². The van der Waals surface area contributed by atoms with Gasteiger partial charge < -0.3 is 11.1 Å². The Hall–Kier alpha value is -0.640. The summed E-state index contributed by atoms with van der Waals surface area (Å²) in [5.74, 6) is 0.538. The number of hydrogen-bond acceptors (Lipinski definition) is 2. The molecule has 0 bridgehead atoms. The Kier molecular flexibility index (Phi) is 6.68. The maximum atomic E-state index is 12.3. The van der Waals surface area contributed by atoms with Crippen molar-refractivity contribution in [1.29, 1.82) is 0 Å². The Morgan fingerprint density at radius 1 is 1.29 bits per heavy atom. The average molecular weight is 258 g/mol. The van der Waals surface area contributed by atoms with Crippen molar-refractivity contribution < 1.29 is 4.79 Å². The molecule has 1 atom stereocenters. The van der Waals surface area contributed by atoms with Gasteiger partial charge in [-0.2, -0.15) is 0 Å². The first-order valence-electron chi connectivity index (χ1n) is 6.41. The quantitative estimate of drug-likeness (QED) is 0.690. The summed E-state index contributed by atoms with van der Waals surface area (Å²) >= 11 is 5.06. The van der Waals surface area contributed by atoms with Crippen LogP contribution in [0.5, 0.6) is 0 Å². The number of amides is 1. The van der Waals surface area contributed by atoms with Crippen molar-refractivity contribution in [3.05, 3.63) is 0 Å². The van der Waals surface area contributed by atoms with Crippen LogP contribution in [0.3, 0.4) is 0 Å². The van der Waals surface area contributed by atoms with Crippen molar-refractivity contribution in [2.45, 2.75) is 59.9 Å². The molecule has 0 saturated heterocycles. The number of carbonyl (C=O) groups excluding carboxylic acids is 1. The summed E-state index contributed by atoms with van der Waals surface area (Å²) in [5.41, 5.74) is 5.06. The van der Waals surface area contributed by atoms with Gasteiger partial charge in [-0.3, -0.25) is 4.79 Å². The maximum Gasteiger partial charge on any atom is 0.233 e. The summed E-state index contributed by atoms with van der Waals surface area (Å²) in [6.07, 6.45) is 2.27. The summed E-state index contributed by atoms with van der Waals surface area (Å²) in [4.78, 5) is 12.6. The lowest BCUT2D eigenvalue weighted by molar-refractivity contribution is -0.128. The van der Waals surface area contributed by atoms with Crippen LogP contribution in [0.25, 0.3) is 0 Å². The number of carbonyl (C=O) groups is 1. The van der Waals surface area contributed by atoms with E-state index in [9.17, 15) is 4.79 Å². The Morgan fingerprint density at radius 2 is 1.76 bits per heavy atom. The molecule has 4 heteroatoms. The van der Waals surface area contributed by atoms with Gasteiger partial charge in [-0.1, -0.05) is 39.9 Å². The summed E-state index contributed by atoms with van der Waals surface area (Å²) in [7, 11) is 0. The van der Waals surface area contributed by atoms with Gasteiger partial charge in [0.25, 0.3) is 0 Å². The molecule has 0 rings (SSSR count). The van der Waals surface area contributed by atoms with Crippen LogP contribution in [0.4, 0.5) is 0 Å². The molecule has 0 heterocycles. The molecule has 3 nitrogen and oxygen atoms in total. The van der Waals surface area contributed by atoms with E-state index in [1.807, 2.05) is 20.8 Å². The monoisotopic (exact) mass is 258 g/mol. The van der Waals surface area contributed by atoms with E-state index in [0.29, 0.717) is 23.7 Å². The Morgan fingerprint density at radius 3 is 2.06 bits per heavy atom. The fraction of sp³-hybridized carbons (Fsp3) is 0.846. The molecule has 0 saturated carbocycles. The van der Waals surface area contributed by atoms with E-state index in [4.69, 9.17) is 18.0 Å². The molecule has 0 fully saturated rings. The van der Waals surface area contributed by atoms with Crippen molar-refractivity contribution in [2.75, 3.05) is 0 Å². The molecule has 1 unspecified atom stereocenters. The summed E-state index contributed by atoms with van der Waals surface area (Å²) in [6.45, 7) is 10.2. The van der Waals surface area contributed by atoms with Crippen molar-refractivity contribution >= 4 is 23.1 Å². The van der Waals surface area contributed by atoms with E-state index in [1.54, 1.807) is 0 Å². The van der Waals surface area contributed by atoms with E-state index in [0.717, 1.165) is 6.42 Å². The first kappa shape index (κ1) is 16.4. The van der Waals surface area contributed by atoms with Crippen LogP contribution in [-0.4, -0.2) is 16.9 Å². The van der Waals surface area contributed by atoms with Gasteiger partial charge in [-0.05, 0) is 32.1 Å². The summed E-state index contributed by atoms with van der Waals surface area (Å²) < 4.78 is 0. The first-order valence-corrected chi connectivity index (χ1v) is 6.81. The molecule has 0 aromatic carbocycles. The van der Waals surface area contributed by atoms with E-state index in [-0.39, 0.29) is 11.9 Å². The van der Waals surface area contributed by atoms with Crippen molar-refractivity contribution in [2.24, 2.45) is 17.1 Å². The normalized spacial score (nSPS) is 13.5.